The van der Waals surface area contributed by atoms with Crippen molar-refractivity contribution >= 4 is 11.9 Å². The van der Waals surface area contributed by atoms with E-state index in [0.29, 0.717) is 31.6 Å². The third-order valence-electron chi connectivity index (χ3n) is 5.39. The highest BCUT2D eigenvalue weighted by Crippen LogP contribution is 2.35. The zero-order chi connectivity index (χ0) is 17.5. The first-order chi connectivity index (χ1) is 11.4. The molecule has 1 aromatic rings. The maximum absolute atomic E-state index is 13.0. The Balaban J connectivity index is 1.91. The van der Waals surface area contributed by atoms with Crippen LogP contribution in [0.15, 0.2) is 4.79 Å². The van der Waals surface area contributed by atoms with Crippen LogP contribution in [0.1, 0.15) is 41.9 Å². The van der Waals surface area contributed by atoms with E-state index in [0.717, 1.165) is 18.5 Å². The Kier molecular flexibility index (Phi) is 4.25. The van der Waals surface area contributed by atoms with Gasteiger partial charge in [-0.15, -0.1) is 0 Å². The van der Waals surface area contributed by atoms with E-state index in [-0.39, 0.29) is 31.2 Å². The van der Waals surface area contributed by atoms with Gasteiger partial charge >= 0.3 is 11.7 Å². The van der Waals surface area contributed by atoms with Crippen molar-refractivity contribution in [3.8, 4) is 0 Å². The number of imidazole rings is 1. The zero-order valence-corrected chi connectivity index (χ0v) is 13.8. The fraction of sp³-hybridized carbons (Fsp3) is 0.688. The van der Waals surface area contributed by atoms with E-state index in [9.17, 15) is 24.6 Å². The first kappa shape index (κ1) is 16.8. The minimum Gasteiger partial charge on any atom is -0.481 e. The summed E-state index contributed by atoms with van der Waals surface area (Å²) in [5.41, 5.74) is -0.144. The number of hydrogen-bond acceptors (Lipinski definition) is 4. The Morgan fingerprint density at radius 2 is 2.00 bits per heavy atom. The first-order valence-electron chi connectivity index (χ1n) is 8.33. The Morgan fingerprint density at radius 1 is 1.25 bits per heavy atom. The predicted molar refractivity (Wildman–Crippen MR) is 84.9 cm³/mol. The highest BCUT2D eigenvalue weighted by Gasteiger charge is 2.46. The third kappa shape index (κ3) is 2.45. The normalized spacial score (nSPS) is 23.3. The Hall–Kier alpha value is -2.09. The van der Waals surface area contributed by atoms with Crippen molar-refractivity contribution in [1.82, 2.24) is 14.0 Å². The number of aliphatic carboxylic acids is 1. The molecule has 0 saturated carbocycles. The second kappa shape index (κ2) is 6.08. The monoisotopic (exact) mass is 337 g/mol. The van der Waals surface area contributed by atoms with Gasteiger partial charge in [-0.3, -0.25) is 18.7 Å². The number of carbonyl (C=O) groups excluding carboxylic acids is 1. The van der Waals surface area contributed by atoms with Crippen LogP contribution in [0.25, 0.3) is 0 Å². The van der Waals surface area contributed by atoms with Gasteiger partial charge in [-0.2, -0.15) is 0 Å². The molecule has 8 nitrogen and oxygen atoms in total. The molecule has 2 aliphatic rings. The lowest BCUT2D eigenvalue weighted by Gasteiger charge is -2.24. The van der Waals surface area contributed by atoms with Crippen molar-refractivity contribution in [3.63, 3.8) is 0 Å². The molecule has 1 fully saturated rings. The Bertz CT molecular complexity index is 735. The van der Waals surface area contributed by atoms with Crippen LogP contribution in [-0.4, -0.2) is 55.8 Å². The SMILES string of the molecule is Cn1c(C(=O)N2CCC(CCO)(C(=O)O)C2)c2n(c1=O)CCCC2. The van der Waals surface area contributed by atoms with E-state index in [1.807, 2.05) is 0 Å². The maximum Gasteiger partial charge on any atom is 0.328 e. The average molecular weight is 337 g/mol. The number of nitrogens with zero attached hydrogens (tertiary/aromatic N) is 3. The van der Waals surface area contributed by atoms with Gasteiger partial charge in [-0.25, -0.2) is 4.79 Å². The fourth-order valence-electron chi connectivity index (χ4n) is 3.92. The van der Waals surface area contributed by atoms with Crippen molar-refractivity contribution in [2.45, 2.75) is 38.6 Å². The number of carboxylic acid groups (broad SMARTS) is 1. The minimum atomic E-state index is -1.09. The lowest BCUT2D eigenvalue weighted by Crippen LogP contribution is -2.38. The molecule has 1 aromatic heterocycles. The average Bonchev–Trinajstić information content (AvgIpc) is 3.10. The van der Waals surface area contributed by atoms with Crippen LogP contribution in [0, 0.1) is 5.41 Å². The van der Waals surface area contributed by atoms with E-state index >= 15 is 0 Å². The third-order valence-corrected chi connectivity index (χ3v) is 5.39. The van der Waals surface area contributed by atoms with Crippen molar-refractivity contribution in [2.24, 2.45) is 12.5 Å². The number of aliphatic hydroxyl groups is 1. The summed E-state index contributed by atoms with van der Waals surface area (Å²) >= 11 is 0. The van der Waals surface area contributed by atoms with Crippen LogP contribution in [0.4, 0.5) is 0 Å². The largest absolute Gasteiger partial charge is 0.481 e. The standard InChI is InChI=1S/C16H23N3O5/c1-17-12(11-4-2-3-7-19(11)15(17)24)13(21)18-8-5-16(10-18,6-9-20)14(22)23/h20H,2-10H2,1H3,(H,22,23). The number of rotatable bonds is 4. The molecule has 0 spiro atoms. The number of amides is 1. The molecular formula is C16H23N3O5. The van der Waals surface area contributed by atoms with Crippen LogP contribution in [0.2, 0.25) is 0 Å². The van der Waals surface area contributed by atoms with E-state index in [4.69, 9.17) is 0 Å². The van der Waals surface area contributed by atoms with Gasteiger partial charge in [0.2, 0.25) is 0 Å². The van der Waals surface area contributed by atoms with Gasteiger partial charge < -0.3 is 15.1 Å². The number of likely N-dealkylation sites (tertiary alicyclic amines) is 1. The fourth-order valence-corrected chi connectivity index (χ4v) is 3.92. The highest BCUT2D eigenvalue weighted by atomic mass is 16.4. The van der Waals surface area contributed by atoms with Gasteiger partial charge in [-0.1, -0.05) is 0 Å². The van der Waals surface area contributed by atoms with Gasteiger partial charge in [0.05, 0.1) is 11.1 Å². The molecule has 3 rings (SSSR count). The number of carbonyl (C=O) groups is 2. The summed E-state index contributed by atoms with van der Waals surface area (Å²) in [6.45, 7) is 0.789. The summed E-state index contributed by atoms with van der Waals surface area (Å²) in [6, 6.07) is 0. The molecular weight excluding hydrogens is 314 g/mol. The topological polar surface area (TPSA) is 105 Å². The van der Waals surface area contributed by atoms with Crippen molar-refractivity contribution in [2.75, 3.05) is 19.7 Å². The smallest absolute Gasteiger partial charge is 0.328 e. The van der Waals surface area contributed by atoms with E-state index in [1.54, 1.807) is 11.6 Å². The van der Waals surface area contributed by atoms with Crippen LogP contribution < -0.4 is 5.69 Å². The molecule has 0 bridgehead atoms. The zero-order valence-electron chi connectivity index (χ0n) is 13.8. The second-order valence-electron chi connectivity index (χ2n) is 6.78. The van der Waals surface area contributed by atoms with E-state index < -0.39 is 11.4 Å². The Labute approximate surface area is 139 Å². The van der Waals surface area contributed by atoms with Crippen LogP contribution in [-0.2, 0) is 24.8 Å². The maximum atomic E-state index is 13.0. The number of fused-ring (bicyclic) bond motifs is 1. The summed E-state index contributed by atoms with van der Waals surface area (Å²) in [5.74, 6) is -1.27. The molecule has 24 heavy (non-hydrogen) atoms. The van der Waals surface area contributed by atoms with Crippen molar-refractivity contribution < 1.29 is 19.8 Å². The van der Waals surface area contributed by atoms with Crippen molar-refractivity contribution in [1.29, 1.82) is 0 Å². The predicted octanol–water partition coefficient (Wildman–Crippen LogP) is -0.178. The van der Waals surface area contributed by atoms with E-state index in [2.05, 4.69) is 0 Å². The van der Waals surface area contributed by atoms with Crippen LogP contribution in [0.3, 0.4) is 0 Å². The van der Waals surface area contributed by atoms with Crippen molar-refractivity contribution in [3.05, 3.63) is 21.9 Å². The highest BCUT2D eigenvalue weighted by molar-refractivity contribution is 5.94. The molecule has 1 saturated heterocycles. The van der Waals surface area contributed by atoms with Gasteiger partial charge in [0.25, 0.3) is 5.91 Å². The van der Waals surface area contributed by atoms with Gasteiger partial charge in [0.15, 0.2) is 0 Å². The van der Waals surface area contributed by atoms with Gasteiger partial charge in [-0.05, 0) is 32.1 Å². The number of aliphatic hydroxyl groups excluding tert-OH is 1. The molecule has 0 aliphatic carbocycles. The molecule has 1 unspecified atom stereocenters. The van der Waals surface area contributed by atoms with Gasteiger partial charge in [0, 0.05) is 33.3 Å². The molecule has 1 amide bonds. The summed E-state index contributed by atoms with van der Waals surface area (Å²) < 4.78 is 3.04. The molecule has 3 heterocycles. The molecule has 132 valence electrons. The molecule has 8 heteroatoms. The summed E-state index contributed by atoms with van der Waals surface area (Å²) in [4.78, 5) is 38.4. The lowest BCUT2D eigenvalue weighted by molar-refractivity contribution is -0.149. The molecule has 2 N–H and O–H groups in total. The second-order valence-corrected chi connectivity index (χ2v) is 6.78. The van der Waals surface area contributed by atoms with E-state index in [1.165, 1.54) is 9.47 Å². The van der Waals surface area contributed by atoms with Gasteiger partial charge in [0.1, 0.15) is 5.69 Å². The van der Waals surface area contributed by atoms with Crippen LogP contribution in [0.5, 0.6) is 0 Å². The Morgan fingerprint density at radius 3 is 2.67 bits per heavy atom. The lowest BCUT2D eigenvalue weighted by atomic mass is 9.84. The number of hydrogen-bond donors (Lipinski definition) is 2. The number of carboxylic acids is 1. The molecule has 0 radical (unpaired) electrons. The molecule has 1 atom stereocenters. The van der Waals surface area contributed by atoms with Crippen LogP contribution >= 0.6 is 0 Å². The minimum absolute atomic E-state index is 0.0700. The number of aromatic nitrogens is 2. The first-order valence-corrected chi connectivity index (χ1v) is 8.33. The molecule has 2 aliphatic heterocycles. The summed E-state index contributed by atoms with van der Waals surface area (Å²) in [5, 5.41) is 18.7. The summed E-state index contributed by atoms with van der Waals surface area (Å²) in [6.07, 6.45) is 2.99. The molecule has 0 aromatic carbocycles. The summed E-state index contributed by atoms with van der Waals surface area (Å²) in [7, 11) is 1.59. The quantitative estimate of drug-likeness (QED) is 0.793.